The first-order valence-corrected chi connectivity index (χ1v) is 8.36. The minimum atomic E-state index is -0.156. The van der Waals surface area contributed by atoms with E-state index in [1.54, 1.807) is 6.07 Å². The van der Waals surface area contributed by atoms with Crippen molar-refractivity contribution in [1.82, 2.24) is 10.2 Å². The summed E-state index contributed by atoms with van der Waals surface area (Å²) in [5.41, 5.74) is 0.967. The summed E-state index contributed by atoms with van der Waals surface area (Å²) in [5, 5.41) is 3.54. The number of ether oxygens (including phenoxy) is 1. The van der Waals surface area contributed by atoms with Gasteiger partial charge in [0.25, 0.3) is 0 Å². The Morgan fingerprint density at radius 2 is 2.26 bits per heavy atom. The normalized spacial score (nSPS) is 18.4. The average Bonchev–Trinajstić information content (AvgIpc) is 2.53. The maximum absolute atomic E-state index is 12.1. The van der Waals surface area contributed by atoms with Crippen LogP contribution in [0.15, 0.2) is 24.3 Å². The molecule has 126 valence electrons. The van der Waals surface area contributed by atoms with Crippen LogP contribution in [0, 0.1) is 5.92 Å². The summed E-state index contributed by atoms with van der Waals surface area (Å²) in [7, 11) is 0. The number of esters is 1. The molecular weight excluding hydrogens is 316 g/mol. The van der Waals surface area contributed by atoms with Crippen molar-refractivity contribution in [3.63, 3.8) is 0 Å². The Balaban J connectivity index is 1.77. The highest BCUT2D eigenvalue weighted by molar-refractivity contribution is 6.30. The van der Waals surface area contributed by atoms with Crippen LogP contribution in [-0.4, -0.2) is 43.0 Å². The molecule has 0 radical (unpaired) electrons. The third kappa shape index (κ3) is 5.84. The molecule has 1 aliphatic rings. The van der Waals surface area contributed by atoms with Gasteiger partial charge in [-0.25, -0.2) is 0 Å². The number of hydrogen-bond acceptors (Lipinski definition) is 4. The molecule has 1 N–H and O–H groups in total. The zero-order valence-electron chi connectivity index (χ0n) is 13.4. The Morgan fingerprint density at radius 3 is 3.00 bits per heavy atom. The van der Waals surface area contributed by atoms with Crippen LogP contribution in [0.1, 0.15) is 25.3 Å². The second-order valence-corrected chi connectivity index (χ2v) is 6.17. The fourth-order valence-corrected chi connectivity index (χ4v) is 2.97. The average molecular weight is 339 g/mol. The number of benzene rings is 1. The number of amides is 1. The predicted octanol–water partition coefficient (Wildman–Crippen LogP) is 2.23. The first-order valence-electron chi connectivity index (χ1n) is 7.98. The molecule has 1 unspecified atom stereocenters. The second kappa shape index (κ2) is 8.89. The summed E-state index contributed by atoms with van der Waals surface area (Å²) >= 11 is 5.92. The van der Waals surface area contributed by atoms with Gasteiger partial charge in [-0.3, -0.25) is 14.5 Å². The lowest BCUT2D eigenvalue weighted by molar-refractivity contribution is -0.150. The van der Waals surface area contributed by atoms with Crippen molar-refractivity contribution >= 4 is 23.5 Å². The van der Waals surface area contributed by atoms with Crippen LogP contribution >= 0.6 is 11.6 Å². The number of hydrogen-bond donors (Lipinski definition) is 1. The van der Waals surface area contributed by atoms with Crippen LogP contribution in [-0.2, 0) is 20.9 Å². The van der Waals surface area contributed by atoms with Gasteiger partial charge >= 0.3 is 5.97 Å². The summed E-state index contributed by atoms with van der Waals surface area (Å²) in [4.78, 5) is 25.9. The zero-order valence-corrected chi connectivity index (χ0v) is 14.1. The lowest BCUT2D eigenvalue weighted by Crippen LogP contribution is -2.44. The van der Waals surface area contributed by atoms with Crippen molar-refractivity contribution in [3.8, 4) is 0 Å². The highest BCUT2D eigenvalue weighted by atomic mass is 35.5. The van der Waals surface area contributed by atoms with E-state index < -0.39 is 0 Å². The number of carbonyl (C=O) groups excluding carboxylic acids is 2. The van der Waals surface area contributed by atoms with E-state index in [-0.39, 0.29) is 17.8 Å². The first kappa shape index (κ1) is 17.8. The molecule has 1 aliphatic heterocycles. The summed E-state index contributed by atoms with van der Waals surface area (Å²) in [6.07, 6.45) is 1.74. The smallest absolute Gasteiger partial charge is 0.310 e. The molecule has 23 heavy (non-hydrogen) atoms. The Morgan fingerprint density at radius 1 is 1.43 bits per heavy atom. The quantitative estimate of drug-likeness (QED) is 0.808. The standard InChI is InChI=1S/C17H23ClN2O3/c1-2-23-17(22)14-6-4-8-20(11-14)12-16(21)19-10-13-5-3-7-15(18)9-13/h3,5,7,9,14H,2,4,6,8,10-12H2,1H3,(H,19,21). The Kier molecular flexibility index (Phi) is 6.86. The van der Waals surface area contributed by atoms with Crippen LogP contribution in [0.4, 0.5) is 0 Å². The van der Waals surface area contributed by atoms with Gasteiger partial charge in [-0.05, 0) is 44.0 Å². The van der Waals surface area contributed by atoms with Crippen molar-refractivity contribution in [2.75, 3.05) is 26.2 Å². The number of rotatable bonds is 6. The van der Waals surface area contributed by atoms with E-state index in [0.717, 1.165) is 24.9 Å². The predicted molar refractivity (Wildman–Crippen MR) is 89.1 cm³/mol. The van der Waals surface area contributed by atoms with Crippen LogP contribution in [0.2, 0.25) is 5.02 Å². The summed E-state index contributed by atoms with van der Waals surface area (Å²) < 4.78 is 5.07. The highest BCUT2D eigenvalue weighted by Crippen LogP contribution is 2.17. The van der Waals surface area contributed by atoms with Gasteiger partial charge < -0.3 is 10.1 Å². The van der Waals surface area contributed by atoms with Crippen molar-refractivity contribution in [2.45, 2.75) is 26.3 Å². The molecule has 0 aliphatic carbocycles. The van der Waals surface area contributed by atoms with Gasteiger partial charge in [0, 0.05) is 18.1 Å². The van der Waals surface area contributed by atoms with E-state index in [4.69, 9.17) is 16.3 Å². The fraction of sp³-hybridized carbons (Fsp3) is 0.529. The molecule has 1 aromatic carbocycles. The van der Waals surface area contributed by atoms with Crippen LogP contribution in [0.3, 0.4) is 0 Å². The first-order chi connectivity index (χ1) is 11.1. The monoisotopic (exact) mass is 338 g/mol. The van der Waals surface area contributed by atoms with Crippen LogP contribution in [0.5, 0.6) is 0 Å². The number of piperidine rings is 1. The molecular formula is C17H23ClN2O3. The molecule has 6 heteroatoms. The second-order valence-electron chi connectivity index (χ2n) is 5.73. The number of likely N-dealkylation sites (tertiary alicyclic amines) is 1. The third-order valence-electron chi connectivity index (χ3n) is 3.87. The maximum atomic E-state index is 12.1. The van der Waals surface area contributed by atoms with Gasteiger partial charge in [-0.2, -0.15) is 0 Å². The van der Waals surface area contributed by atoms with E-state index in [2.05, 4.69) is 5.32 Å². The van der Waals surface area contributed by atoms with Gasteiger partial charge in [-0.15, -0.1) is 0 Å². The molecule has 5 nitrogen and oxygen atoms in total. The van der Waals surface area contributed by atoms with Gasteiger partial charge in [0.05, 0.1) is 19.1 Å². The van der Waals surface area contributed by atoms with E-state index in [0.29, 0.717) is 31.3 Å². The van der Waals surface area contributed by atoms with E-state index >= 15 is 0 Å². The molecule has 1 amide bonds. The fourth-order valence-electron chi connectivity index (χ4n) is 2.76. The lowest BCUT2D eigenvalue weighted by atomic mass is 9.98. The van der Waals surface area contributed by atoms with Gasteiger partial charge in [-0.1, -0.05) is 23.7 Å². The number of nitrogens with zero attached hydrogens (tertiary/aromatic N) is 1. The van der Waals surface area contributed by atoms with Gasteiger partial charge in [0.1, 0.15) is 0 Å². The molecule has 1 saturated heterocycles. The topological polar surface area (TPSA) is 58.6 Å². The molecule has 1 aromatic rings. The van der Waals surface area contributed by atoms with Crippen molar-refractivity contribution in [2.24, 2.45) is 5.92 Å². The van der Waals surface area contributed by atoms with E-state index in [1.807, 2.05) is 30.0 Å². The van der Waals surface area contributed by atoms with E-state index in [1.165, 1.54) is 0 Å². The SMILES string of the molecule is CCOC(=O)C1CCCN(CC(=O)NCc2cccc(Cl)c2)C1. The summed E-state index contributed by atoms with van der Waals surface area (Å²) in [6, 6.07) is 7.41. The molecule has 1 atom stereocenters. The molecule has 1 fully saturated rings. The molecule has 2 rings (SSSR count). The van der Waals surface area contributed by atoms with Crippen molar-refractivity contribution in [1.29, 1.82) is 0 Å². The minimum Gasteiger partial charge on any atom is -0.466 e. The molecule has 0 aromatic heterocycles. The number of halogens is 1. The van der Waals surface area contributed by atoms with Crippen molar-refractivity contribution < 1.29 is 14.3 Å². The Hall–Kier alpha value is -1.59. The number of carbonyl (C=O) groups is 2. The maximum Gasteiger partial charge on any atom is 0.310 e. The summed E-state index contributed by atoms with van der Waals surface area (Å²) in [6.45, 7) is 4.38. The molecule has 1 heterocycles. The van der Waals surface area contributed by atoms with Gasteiger partial charge in [0.2, 0.25) is 5.91 Å². The summed E-state index contributed by atoms with van der Waals surface area (Å²) in [5.74, 6) is -0.324. The molecule has 0 bridgehead atoms. The number of nitrogens with one attached hydrogen (secondary N) is 1. The highest BCUT2D eigenvalue weighted by Gasteiger charge is 2.27. The Bertz CT molecular complexity index is 550. The van der Waals surface area contributed by atoms with Crippen molar-refractivity contribution in [3.05, 3.63) is 34.9 Å². The minimum absolute atomic E-state index is 0.0468. The Labute approximate surface area is 141 Å². The zero-order chi connectivity index (χ0) is 16.7. The molecule has 0 saturated carbocycles. The van der Waals surface area contributed by atoms with Crippen LogP contribution in [0.25, 0.3) is 0 Å². The largest absolute Gasteiger partial charge is 0.466 e. The van der Waals surface area contributed by atoms with Gasteiger partial charge in [0.15, 0.2) is 0 Å². The lowest BCUT2D eigenvalue weighted by Gasteiger charge is -2.30. The third-order valence-corrected chi connectivity index (χ3v) is 4.11. The molecule has 0 spiro atoms. The van der Waals surface area contributed by atoms with Crippen LogP contribution < -0.4 is 5.32 Å². The van der Waals surface area contributed by atoms with E-state index in [9.17, 15) is 9.59 Å².